The predicted octanol–water partition coefficient (Wildman–Crippen LogP) is 2.04. The number of nitrogens with two attached hydrogens (primary N) is 1. The van der Waals surface area contributed by atoms with Crippen molar-refractivity contribution < 1.29 is 4.79 Å². The monoisotopic (exact) mass is 348 g/mol. The number of likely N-dealkylation sites (N-methyl/N-ethyl adjacent to an activating group) is 1. The van der Waals surface area contributed by atoms with Crippen LogP contribution in [0.3, 0.4) is 0 Å². The number of rotatable bonds is 5. The first-order chi connectivity index (χ1) is 9.52. The summed E-state index contributed by atoms with van der Waals surface area (Å²) in [4.78, 5) is 18.4. The smallest absolute Gasteiger partial charge is 0.226 e. The minimum absolute atomic E-state index is 0. The van der Waals surface area contributed by atoms with Gasteiger partial charge in [-0.2, -0.15) is 0 Å². The number of halogens is 2. The molecule has 0 unspecified atom stereocenters. The van der Waals surface area contributed by atoms with E-state index in [1.165, 1.54) is 12.8 Å². The molecule has 22 heavy (non-hydrogen) atoms. The molecule has 2 rings (SSSR count). The molecule has 3 N–H and O–H groups in total. The Bertz CT molecular complexity index is 459. The number of anilines is 1. The van der Waals surface area contributed by atoms with Crippen LogP contribution < -0.4 is 11.1 Å². The SMILES string of the molecule is CN(C)C1(CNC(=O)Cc2ccc(N)cn2)CCCC1.Cl.Cl. The summed E-state index contributed by atoms with van der Waals surface area (Å²) in [7, 11) is 4.19. The van der Waals surface area contributed by atoms with Gasteiger partial charge >= 0.3 is 0 Å². The predicted molar refractivity (Wildman–Crippen MR) is 94.7 cm³/mol. The molecule has 1 aromatic rings. The van der Waals surface area contributed by atoms with E-state index in [1.807, 2.05) is 0 Å². The van der Waals surface area contributed by atoms with Crippen LogP contribution in [0.15, 0.2) is 18.3 Å². The summed E-state index contributed by atoms with van der Waals surface area (Å²) in [6.45, 7) is 0.716. The third-order valence-electron chi connectivity index (χ3n) is 4.29. The molecule has 5 nitrogen and oxygen atoms in total. The van der Waals surface area contributed by atoms with E-state index in [2.05, 4.69) is 29.3 Å². The molecule has 1 aliphatic rings. The van der Waals surface area contributed by atoms with Crippen LogP contribution >= 0.6 is 24.8 Å². The normalized spacial score (nSPS) is 15.8. The van der Waals surface area contributed by atoms with Gasteiger partial charge in [0.25, 0.3) is 0 Å². The molecule has 1 heterocycles. The Morgan fingerprint density at radius 1 is 1.32 bits per heavy atom. The number of carbonyl (C=O) groups is 1. The molecular formula is C15H26Cl2N4O. The molecule has 1 amide bonds. The van der Waals surface area contributed by atoms with E-state index in [0.29, 0.717) is 18.7 Å². The highest BCUT2D eigenvalue weighted by Gasteiger charge is 2.36. The van der Waals surface area contributed by atoms with Crippen LogP contribution in [0.1, 0.15) is 31.4 Å². The lowest BCUT2D eigenvalue weighted by Crippen LogP contribution is -2.51. The van der Waals surface area contributed by atoms with Crippen LogP contribution in [0.2, 0.25) is 0 Å². The lowest BCUT2D eigenvalue weighted by atomic mass is 9.96. The summed E-state index contributed by atoms with van der Waals surface area (Å²) >= 11 is 0. The van der Waals surface area contributed by atoms with Crippen molar-refractivity contribution in [1.29, 1.82) is 0 Å². The Morgan fingerprint density at radius 2 is 1.95 bits per heavy atom. The summed E-state index contributed by atoms with van der Waals surface area (Å²) in [5, 5.41) is 3.06. The summed E-state index contributed by atoms with van der Waals surface area (Å²) in [5.41, 5.74) is 7.08. The van der Waals surface area contributed by atoms with Crippen LogP contribution in [-0.2, 0) is 11.2 Å². The van der Waals surface area contributed by atoms with Crippen LogP contribution in [-0.4, -0.2) is 42.0 Å². The van der Waals surface area contributed by atoms with Gasteiger partial charge in [-0.1, -0.05) is 12.8 Å². The Hall–Kier alpha value is -1.04. The summed E-state index contributed by atoms with van der Waals surface area (Å²) < 4.78 is 0. The minimum atomic E-state index is 0. The van der Waals surface area contributed by atoms with Gasteiger partial charge in [0.2, 0.25) is 5.91 Å². The Morgan fingerprint density at radius 3 is 2.45 bits per heavy atom. The molecule has 1 fully saturated rings. The zero-order valence-electron chi connectivity index (χ0n) is 13.2. The van der Waals surface area contributed by atoms with E-state index in [0.717, 1.165) is 18.5 Å². The van der Waals surface area contributed by atoms with Crippen molar-refractivity contribution in [2.45, 2.75) is 37.6 Å². The van der Waals surface area contributed by atoms with Crippen LogP contribution in [0.25, 0.3) is 0 Å². The first kappa shape index (κ1) is 21.0. The highest BCUT2D eigenvalue weighted by atomic mass is 35.5. The molecule has 1 aromatic heterocycles. The van der Waals surface area contributed by atoms with Crippen molar-refractivity contribution in [3.8, 4) is 0 Å². The first-order valence-electron chi connectivity index (χ1n) is 7.16. The number of carbonyl (C=O) groups excluding carboxylic acids is 1. The van der Waals surface area contributed by atoms with Crippen molar-refractivity contribution in [3.05, 3.63) is 24.0 Å². The number of nitrogens with zero attached hydrogens (tertiary/aromatic N) is 2. The Kier molecular flexibility index (Phi) is 8.74. The van der Waals surface area contributed by atoms with Crippen molar-refractivity contribution in [3.63, 3.8) is 0 Å². The molecule has 7 heteroatoms. The van der Waals surface area contributed by atoms with Gasteiger partial charge < -0.3 is 16.0 Å². The summed E-state index contributed by atoms with van der Waals surface area (Å²) in [6.07, 6.45) is 6.69. The number of nitrogen functional groups attached to an aromatic ring is 1. The average molecular weight is 349 g/mol. The van der Waals surface area contributed by atoms with E-state index in [4.69, 9.17) is 5.73 Å². The van der Waals surface area contributed by atoms with Gasteiger partial charge in [-0.3, -0.25) is 9.78 Å². The van der Waals surface area contributed by atoms with Crippen LogP contribution in [0, 0.1) is 0 Å². The fourth-order valence-corrected chi connectivity index (χ4v) is 2.85. The largest absolute Gasteiger partial charge is 0.397 e. The minimum Gasteiger partial charge on any atom is -0.397 e. The molecule has 0 aromatic carbocycles. The van der Waals surface area contributed by atoms with Crippen molar-refractivity contribution >= 4 is 36.4 Å². The molecule has 1 aliphatic carbocycles. The third-order valence-corrected chi connectivity index (χ3v) is 4.29. The van der Waals surface area contributed by atoms with E-state index in [9.17, 15) is 4.79 Å². The second-order valence-electron chi connectivity index (χ2n) is 5.86. The van der Waals surface area contributed by atoms with Gasteiger partial charge in [0.1, 0.15) is 0 Å². The molecule has 0 atom stereocenters. The van der Waals surface area contributed by atoms with E-state index in [1.54, 1.807) is 18.3 Å². The molecular weight excluding hydrogens is 323 g/mol. The summed E-state index contributed by atoms with van der Waals surface area (Å²) in [5.74, 6) is 0.0235. The van der Waals surface area contributed by atoms with Crippen LogP contribution in [0.4, 0.5) is 5.69 Å². The average Bonchev–Trinajstić information content (AvgIpc) is 2.89. The van der Waals surface area contributed by atoms with E-state index < -0.39 is 0 Å². The third kappa shape index (κ3) is 5.30. The van der Waals surface area contributed by atoms with Gasteiger partial charge in [0.05, 0.1) is 18.3 Å². The first-order valence-corrected chi connectivity index (χ1v) is 7.16. The molecule has 0 spiro atoms. The lowest BCUT2D eigenvalue weighted by Gasteiger charge is -2.36. The van der Waals surface area contributed by atoms with Crippen molar-refractivity contribution in [1.82, 2.24) is 15.2 Å². The zero-order valence-corrected chi connectivity index (χ0v) is 14.8. The topological polar surface area (TPSA) is 71.2 Å². The molecule has 0 aliphatic heterocycles. The standard InChI is InChI=1S/C15H24N4O.2ClH/c1-19(2)15(7-3-4-8-15)11-18-14(20)9-13-6-5-12(16)10-17-13;;/h5-6,10H,3-4,7-9,11,16H2,1-2H3,(H,18,20);2*1H. The second-order valence-corrected chi connectivity index (χ2v) is 5.86. The molecule has 1 saturated carbocycles. The number of pyridine rings is 1. The fraction of sp³-hybridized carbons (Fsp3) is 0.600. The highest BCUT2D eigenvalue weighted by molar-refractivity contribution is 5.85. The zero-order chi connectivity index (χ0) is 14.6. The lowest BCUT2D eigenvalue weighted by molar-refractivity contribution is -0.121. The second kappa shape index (κ2) is 9.18. The van der Waals surface area contributed by atoms with Gasteiger partial charge in [-0.25, -0.2) is 0 Å². The van der Waals surface area contributed by atoms with E-state index in [-0.39, 0.29) is 36.3 Å². The number of hydrogen-bond acceptors (Lipinski definition) is 4. The van der Waals surface area contributed by atoms with Crippen molar-refractivity contribution in [2.75, 3.05) is 26.4 Å². The Balaban J connectivity index is 0.00000220. The molecule has 126 valence electrons. The number of hydrogen-bond donors (Lipinski definition) is 2. The van der Waals surface area contributed by atoms with Gasteiger partial charge in [-0.05, 0) is 39.1 Å². The number of amides is 1. The van der Waals surface area contributed by atoms with Gasteiger partial charge in [-0.15, -0.1) is 24.8 Å². The molecule has 0 radical (unpaired) electrons. The van der Waals surface area contributed by atoms with Gasteiger partial charge in [0.15, 0.2) is 0 Å². The summed E-state index contributed by atoms with van der Waals surface area (Å²) in [6, 6.07) is 3.57. The van der Waals surface area contributed by atoms with Gasteiger partial charge in [0, 0.05) is 17.8 Å². The fourth-order valence-electron chi connectivity index (χ4n) is 2.85. The van der Waals surface area contributed by atoms with Crippen LogP contribution in [0.5, 0.6) is 0 Å². The maximum absolute atomic E-state index is 12.0. The molecule has 0 bridgehead atoms. The molecule has 0 saturated heterocycles. The maximum Gasteiger partial charge on any atom is 0.226 e. The number of aromatic nitrogens is 1. The van der Waals surface area contributed by atoms with Crippen molar-refractivity contribution in [2.24, 2.45) is 0 Å². The van der Waals surface area contributed by atoms with E-state index >= 15 is 0 Å². The number of nitrogens with one attached hydrogen (secondary N) is 1. The Labute approximate surface area is 144 Å². The highest BCUT2D eigenvalue weighted by Crippen LogP contribution is 2.33. The quantitative estimate of drug-likeness (QED) is 0.853. The maximum atomic E-state index is 12.0.